The molecule has 0 bridgehead atoms. The topological polar surface area (TPSA) is 60.9 Å². The Morgan fingerprint density at radius 1 is 1.43 bits per heavy atom. The number of hydrogen-bond donors (Lipinski definition) is 1. The lowest BCUT2D eigenvalue weighted by atomic mass is 10.1. The fourth-order valence-electron chi connectivity index (χ4n) is 2.88. The number of aryl methyl sites for hydroxylation is 1. The number of carboxylic acids is 1. The molecule has 114 valence electrons. The predicted octanol–water partition coefficient (Wildman–Crippen LogP) is 2.88. The first-order valence-corrected chi connectivity index (χ1v) is 7.39. The fraction of sp³-hybridized carbons (Fsp3) is 0.500. The van der Waals surface area contributed by atoms with Crippen LogP contribution in [0.1, 0.15) is 31.7 Å². The standard InChI is InChI=1S/C16H22N2O3/c1-3-17(13-7-4-6-12(2)10-13)16(21)18-9-5-8-14(18)11-15(19)20/h4,6-7,10,14H,3,5,8-9,11H2,1-2H3,(H,19,20). The normalized spacial score (nSPS) is 17.8. The van der Waals surface area contributed by atoms with Crippen LogP contribution in [-0.4, -0.2) is 41.1 Å². The van der Waals surface area contributed by atoms with Gasteiger partial charge in [-0.2, -0.15) is 0 Å². The molecule has 1 saturated heterocycles. The Morgan fingerprint density at radius 3 is 2.81 bits per heavy atom. The smallest absolute Gasteiger partial charge is 0.324 e. The van der Waals surface area contributed by atoms with Crippen LogP contribution in [0.15, 0.2) is 24.3 Å². The molecule has 0 radical (unpaired) electrons. The average Bonchev–Trinajstić information content (AvgIpc) is 2.86. The minimum absolute atomic E-state index is 0.0249. The zero-order chi connectivity index (χ0) is 15.4. The number of nitrogens with zero attached hydrogens (tertiary/aromatic N) is 2. The average molecular weight is 290 g/mol. The molecule has 1 aromatic rings. The molecule has 0 spiro atoms. The van der Waals surface area contributed by atoms with Crippen LogP contribution in [-0.2, 0) is 4.79 Å². The lowest BCUT2D eigenvalue weighted by Gasteiger charge is -2.31. The number of amides is 2. The van der Waals surface area contributed by atoms with Gasteiger partial charge in [-0.25, -0.2) is 4.79 Å². The molecule has 1 fully saturated rings. The maximum Gasteiger partial charge on any atom is 0.324 e. The highest BCUT2D eigenvalue weighted by molar-refractivity contribution is 5.92. The van der Waals surface area contributed by atoms with E-state index in [1.165, 1.54) is 0 Å². The van der Waals surface area contributed by atoms with Crippen molar-refractivity contribution in [2.75, 3.05) is 18.0 Å². The van der Waals surface area contributed by atoms with Crippen LogP contribution in [0.5, 0.6) is 0 Å². The molecule has 1 N–H and O–H groups in total. The molecule has 1 aromatic carbocycles. The number of anilines is 1. The van der Waals surface area contributed by atoms with Gasteiger partial charge in [0.2, 0.25) is 0 Å². The van der Waals surface area contributed by atoms with E-state index < -0.39 is 5.97 Å². The minimum atomic E-state index is -0.849. The molecule has 0 aliphatic carbocycles. The van der Waals surface area contributed by atoms with Crippen LogP contribution in [0, 0.1) is 6.92 Å². The number of hydrogen-bond acceptors (Lipinski definition) is 2. The molecule has 0 saturated carbocycles. The second-order valence-electron chi connectivity index (χ2n) is 5.45. The van der Waals surface area contributed by atoms with E-state index in [9.17, 15) is 9.59 Å². The minimum Gasteiger partial charge on any atom is -0.481 e. The fourth-order valence-corrected chi connectivity index (χ4v) is 2.88. The number of carboxylic acid groups (broad SMARTS) is 1. The Hall–Kier alpha value is -2.04. The van der Waals surface area contributed by atoms with E-state index in [0.29, 0.717) is 13.1 Å². The highest BCUT2D eigenvalue weighted by atomic mass is 16.4. The van der Waals surface area contributed by atoms with Crippen LogP contribution >= 0.6 is 0 Å². The van der Waals surface area contributed by atoms with Gasteiger partial charge in [0.1, 0.15) is 0 Å². The lowest BCUT2D eigenvalue weighted by molar-refractivity contribution is -0.137. The third-order valence-corrected chi connectivity index (χ3v) is 3.89. The number of rotatable bonds is 4. The van der Waals surface area contributed by atoms with Gasteiger partial charge in [-0.05, 0) is 44.4 Å². The van der Waals surface area contributed by atoms with Crippen molar-refractivity contribution in [2.45, 2.75) is 39.2 Å². The molecule has 1 aliphatic rings. The highest BCUT2D eigenvalue weighted by Crippen LogP contribution is 2.24. The largest absolute Gasteiger partial charge is 0.481 e. The van der Waals surface area contributed by atoms with Crippen molar-refractivity contribution >= 4 is 17.7 Å². The Labute approximate surface area is 125 Å². The first-order chi connectivity index (χ1) is 10.0. The Kier molecular flexibility index (Phi) is 4.83. The van der Waals surface area contributed by atoms with Crippen LogP contribution in [0.2, 0.25) is 0 Å². The van der Waals surface area contributed by atoms with Crippen molar-refractivity contribution < 1.29 is 14.7 Å². The number of urea groups is 1. The van der Waals surface area contributed by atoms with Gasteiger partial charge in [0.05, 0.1) is 6.42 Å². The number of aliphatic carboxylic acids is 1. The van der Waals surface area contributed by atoms with Gasteiger partial charge in [-0.15, -0.1) is 0 Å². The summed E-state index contributed by atoms with van der Waals surface area (Å²) < 4.78 is 0. The van der Waals surface area contributed by atoms with Crippen molar-refractivity contribution in [3.8, 4) is 0 Å². The summed E-state index contributed by atoms with van der Waals surface area (Å²) in [5.74, 6) is -0.849. The van der Waals surface area contributed by atoms with Crippen molar-refractivity contribution in [3.63, 3.8) is 0 Å². The van der Waals surface area contributed by atoms with Crippen molar-refractivity contribution in [3.05, 3.63) is 29.8 Å². The van der Waals surface area contributed by atoms with E-state index in [-0.39, 0.29) is 18.5 Å². The molecule has 2 rings (SSSR count). The Balaban J connectivity index is 2.18. The van der Waals surface area contributed by atoms with Crippen molar-refractivity contribution in [2.24, 2.45) is 0 Å². The number of carbonyl (C=O) groups is 2. The van der Waals surface area contributed by atoms with Crippen LogP contribution in [0.25, 0.3) is 0 Å². The van der Waals surface area contributed by atoms with Crippen LogP contribution in [0.3, 0.4) is 0 Å². The van der Waals surface area contributed by atoms with E-state index in [1.807, 2.05) is 38.1 Å². The third-order valence-electron chi connectivity index (χ3n) is 3.89. The van der Waals surface area contributed by atoms with Gasteiger partial charge in [0.15, 0.2) is 0 Å². The summed E-state index contributed by atoms with van der Waals surface area (Å²) in [4.78, 5) is 27.1. The second-order valence-corrected chi connectivity index (χ2v) is 5.45. The lowest BCUT2D eigenvalue weighted by Crippen LogP contribution is -2.46. The Morgan fingerprint density at radius 2 is 2.19 bits per heavy atom. The van der Waals surface area contributed by atoms with E-state index >= 15 is 0 Å². The summed E-state index contributed by atoms with van der Waals surface area (Å²) in [5, 5.41) is 8.97. The molecule has 1 heterocycles. The molecule has 2 amide bonds. The van der Waals surface area contributed by atoms with Crippen molar-refractivity contribution in [1.29, 1.82) is 0 Å². The summed E-state index contributed by atoms with van der Waals surface area (Å²) in [5.41, 5.74) is 1.96. The SMILES string of the molecule is CCN(C(=O)N1CCCC1CC(=O)O)c1cccc(C)c1. The van der Waals surface area contributed by atoms with Gasteiger partial charge in [-0.3, -0.25) is 9.69 Å². The highest BCUT2D eigenvalue weighted by Gasteiger charge is 2.33. The van der Waals surface area contributed by atoms with E-state index in [1.54, 1.807) is 9.80 Å². The van der Waals surface area contributed by atoms with E-state index in [4.69, 9.17) is 5.11 Å². The number of benzene rings is 1. The maximum atomic E-state index is 12.7. The summed E-state index contributed by atoms with van der Waals surface area (Å²) in [6.45, 7) is 5.13. The summed E-state index contributed by atoms with van der Waals surface area (Å²) in [6.07, 6.45) is 1.66. The Bertz CT molecular complexity index is 530. The number of carbonyl (C=O) groups excluding carboxylic acids is 1. The first kappa shape index (κ1) is 15.4. The van der Waals surface area contributed by atoms with Gasteiger partial charge in [0, 0.05) is 24.8 Å². The van der Waals surface area contributed by atoms with E-state index in [0.717, 1.165) is 24.1 Å². The third kappa shape index (κ3) is 3.54. The zero-order valence-corrected chi connectivity index (χ0v) is 12.6. The molecule has 0 aromatic heterocycles. The molecule has 5 heteroatoms. The van der Waals surface area contributed by atoms with Gasteiger partial charge in [-0.1, -0.05) is 12.1 Å². The maximum absolute atomic E-state index is 12.7. The summed E-state index contributed by atoms with van der Waals surface area (Å²) in [6, 6.07) is 7.53. The molecule has 1 unspecified atom stereocenters. The van der Waals surface area contributed by atoms with Crippen LogP contribution in [0.4, 0.5) is 10.5 Å². The molecular weight excluding hydrogens is 268 g/mol. The van der Waals surface area contributed by atoms with E-state index in [2.05, 4.69) is 0 Å². The molecule has 1 atom stereocenters. The summed E-state index contributed by atoms with van der Waals surface area (Å²) >= 11 is 0. The van der Waals surface area contributed by atoms with Gasteiger partial charge >= 0.3 is 12.0 Å². The quantitative estimate of drug-likeness (QED) is 0.927. The predicted molar refractivity (Wildman–Crippen MR) is 81.6 cm³/mol. The first-order valence-electron chi connectivity index (χ1n) is 7.39. The molecule has 21 heavy (non-hydrogen) atoms. The molecule has 5 nitrogen and oxygen atoms in total. The monoisotopic (exact) mass is 290 g/mol. The second kappa shape index (κ2) is 6.61. The van der Waals surface area contributed by atoms with Crippen LogP contribution < -0.4 is 4.90 Å². The van der Waals surface area contributed by atoms with Gasteiger partial charge < -0.3 is 10.0 Å². The molecular formula is C16H22N2O3. The molecule has 1 aliphatic heterocycles. The van der Waals surface area contributed by atoms with Gasteiger partial charge in [0.25, 0.3) is 0 Å². The number of likely N-dealkylation sites (tertiary alicyclic amines) is 1. The van der Waals surface area contributed by atoms with Crippen molar-refractivity contribution in [1.82, 2.24) is 4.90 Å². The summed E-state index contributed by atoms with van der Waals surface area (Å²) in [7, 11) is 0. The zero-order valence-electron chi connectivity index (χ0n) is 12.6.